The number of hydrogen-bond donors (Lipinski definition) is 34. The average Bonchev–Trinajstić information content (AvgIpc) is 0.774. The van der Waals surface area contributed by atoms with Crippen molar-refractivity contribution in [3.8, 4) is 0 Å². The van der Waals surface area contributed by atoms with E-state index in [2.05, 4.69) is 0 Å². The van der Waals surface area contributed by atoms with Gasteiger partial charge in [0.25, 0.3) is 0 Å². The zero-order valence-corrected chi connectivity index (χ0v) is 67.1. The van der Waals surface area contributed by atoms with E-state index >= 15 is 0 Å². The molecule has 0 aliphatic carbocycles. The summed E-state index contributed by atoms with van der Waals surface area (Å²) in [7, 11) is 0. The van der Waals surface area contributed by atoms with Gasteiger partial charge < -0.3 is 273 Å². The van der Waals surface area contributed by atoms with E-state index < -0.39 is 436 Å². The van der Waals surface area contributed by atoms with Gasteiger partial charge in [-0.1, -0.05) is 0 Å². The van der Waals surface area contributed by atoms with Gasteiger partial charge in [-0.3, -0.25) is 0 Å². The SMILES string of the molecule is CC1OC(COC2OC(CO)C(O)[C@@H](COC3OC(COC4OC(COC5OC(CO)C(O)[C@@H](O)C5O)C(COC5OC(COC6OC(COC7OC(CO)C(O)[C@@H](O)C7O)C(O)[C@@H](COC7OC(CO)C(O)[C@@H](O)C7O)C6O)C(O)[C@@H](O)C5O)[C@@H](O)C4O)C(O)[C@@H](O)C3OC3OC(CO)C(COC4OC(CO)C(O)[C@@H](O)C4O)[C@@H](O)C3O)C2O)C(O)[C@@H](O)C1O. The topological polar surface area (TPSA) is 882 Å². The summed E-state index contributed by atoms with van der Waals surface area (Å²) in [6.07, 6.45) is -97.6. The molecule has 11 aliphatic rings. The Balaban J connectivity index is 0.801. The number of ether oxygens (including phenoxy) is 21. The Morgan fingerprint density at radius 2 is 0.365 bits per heavy atom. The maximum atomic E-state index is 12.2. The minimum absolute atomic E-state index is 0.667. The quantitative estimate of drug-likeness (QED) is 0.0280. The van der Waals surface area contributed by atoms with Crippen LogP contribution in [0.1, 0.15) is 6.92 Å². The van der Waals surface area contributed by atoms with Crippen molar-refractivity contribution in [2.24, 2.45) is 23.7 Å². The van der Waals surface area contributed by atoms with Crippen LogP contribution < -0.4 is 0 Å². The van der Waals surface area contributed by atoms with Crippen LogP contribution in [0.2, 0.25) is 0 Å². The standard InChI is InChI=1S/C71H122O55/c1-17-33(78)47(92)44(89)30(115-17)14-111-62-38(83)20(34(79)23(3-73)117-62)11-109-71-61(126-70-55(100)36(81)18(22(2-72)116-70)8-106-65-56(101)48(93)40(85)24(4-74)118-65)53(98)46(91)32(125-71)16-114-64-54(99)37(82)19(28(122-64)12-110-68-58(103)50(95)42(87)26(6-76)120-68)9-107-67-60(105)52(97)45(90)31(124-67)15-112-63-39(84)21(10-108-66-57(102)49(94)41(86)25(5-75)119-66)35(80)29(123-63)13-113-69-59(104)51(96)43(88)27(7-77)121-69/h17-105H,2-16H2,1H3/t17?,18?,19?,20-,21-,22?,23?,24?,25?,26?,27?,28?,29?,30?,31?,32?,33?,34?,35?,36-,37-,38?,39?,40?,41?,42?,43?,44?,45?,46?,47+,48-,49-,50-,51-,52-,53-,54?,55?,56?,57?,58?,59?,60?,61?,62?,63?,64?,65?,66?,67?,68?,69?,70?,71?/m1/s1. The summed E-state index contributed by atoms with van der Waals surface area (Å²) in [6, 6.07) is 0. The van der Waals surface area contributed by atoms with Gasteiger partial charge in [-0.2, -0.15) is 0 Å². The fraction of sp³-hybridized carbons (Fsp3) is 1.00. The summed E-state index contributed by atoms with van der Waals surface area (Å²) in [6.45, 7) is -12.3. The Morgan fingerprint density at radius 1 is 0.159 bits per heavy atom. The lowest BCUT2D eigenvalue weighted by molar-refractivity contribution is -0.377. The fourth-order valence-electron chi connectivity index (χ4n) is 16.5. The predicted octanol–water partition coefficient (Wildman–Crippen LogP) is -22.9. The second-order valence-electron chi connectivity index (χ2n) is 32.9. The number of hydrogen-bond acceptors (Lipinski definition) is 55. The zero-order valence-electron chi connectivity index (χ0n) is 67.1. The summed E-state index contributed by atoms with van der Waals surface area (Å²) in [5.74, 6) is -6.50. The van der Waals surface area contributed by atoms with Crippen molar-refractivity contribution in [2.45, 2.75) is 320 Å². The molecule has 55 atom stereocenters. The summed E-state index contributed by atoms with van der Waals surface area (Å²) in [5.41, 5.74) is 0. The second-order valence-corrected chi connectivity index (χ2v) is 32.9. The van der Waals surface area contributed by atoms with E-state index in [0.29, 0.717) is 0 Å². The highest BCUT2D eigenvalue weighted by atomic mass is 16.8. The minimum Gasteiger partial charge on any atom is -0.394 e. The largest absolute Gasteiger partial charge is 0.394 e. The molecule has 11 saturated heterocycles. The Kier molecular flexibility index (Phi) is 38.2. The van der Waals surface area contributed by atoms with Crippen molar-refractivity contribution >= 4 is 0 Å². The molecule has 34 N–H and O–H groups in total. The maximum Gasteiger partial charge on any atom is 0.187 e. The van der Waals surface area contributed by atoms with Gasteiger partial charge in [0.05, 0.1) is 142 Å². The van der Waals surface area contributed by atoms with E-state index in [0.717, 1.165) is 0 Å². The molecule has 55 heteroatoms. The van der Waals surface area contributed by atoms with E-state index in [1.165, 1.54) is 6.92 Å². The molecule has 0 aromatic rings. The third-order valence-electron chi connectivity index (χ3n) is 24.6. The molecule has 55 nitrogen and oxygen atoms in total. The monoisotopic (exact) mass is 1850 g/mol. The Morgan fingerprint density at radius 3 is 0.714 bits per heavy atom. The van der Waals surface area contributed by atoms with Crippen LogP contribution in [0.5, 0.6) is 0 Å². The van der Waals surface area contributed by atoms with Crippen molar-refractivity contribution in [3.05, 3.63) is 0 Å². The first-order chi connectivity index (χ1) is 59.7. The van der Waals surface area contributed by atoms with Gasteiger partial charge >= 0.3 is 0 Å². The molecule has 11 heterocycles. The molecule has 0 saturated carbocycles. The third-order valence-corrected chi connectivity index (χ3v) is 24.6. The normalized spacial score (nSPS) is 52.5. The number of aliphatic hydroxyl groups is 34. The van der Waals surface area contributed by atoms with E-state index in [-0.39, 0.29) is 0 Å². The summed E-state index contributed by atoms with van der Waals surface area (Å²) in [4.78, 5) is 0. The highest BCUT2D eigenvalue weighted by Crippen LogP contribution is 2.40. The zero-order chi connectivity index (χ0) is 92.2. The fourth-order valence-corrected chi connectivity index (χ4v) is 16.5. The van der Waals surface area contributed by atoms with Crippen molar-refractivity contribution < 1.29 is 273 Å². The smallest absolute Gasteiger partial charge is 0.187 e. The summed E-state index contributed by atoms with van der Waals surface area (Å²) in [5, 5.41) is 371. The third kappa shape index (κ3) is 22.9. The first-order valence-electron chi connectivity index (χ1n) is 40.9. The van der Waals surface area contributed by atoms with Crippen molar-refractivity contribution in [1.29, 1.82) is 0 Å². The summed E-state index contributed by atoms with van der Waals surface area (Å²) >= 11 is 0. The molecular formula is C71H122O55. The van der Waals surface area contributed by atoms with E-state index in [4.69, 9.17) is 99.5 Å². The van der Waals surface area contributed by atoms with Crippen LogP contribution in [-0.4, -0.2) is 586 Å². The van der Waals surface area contributed by atoms with Crippen LogP contribution in [0.3, 0.4) is 0 Å². The van der Waals surface area contributed by atoms with Gasteiger partial charge in [0.1, 0.15) is 208 Å². The Labute approximate surface area is 714 Å². The molecule has 0 aromatic heterocycles. The average molecular weight is 1860 g/mol. The van der Waals surface area contributed by atoms with Crippen LogP contribution in [0.25, 0.3) is 0 Å². The molecule has 736 valence electrons. The highest BCUT2D eigenvalue weighted by Gasteiger charge is 2.59. The van der Waals surface area contributed by atoms with Crippen molar-refractivity contribution in [2.75, 3.05) is 99.1 Å². The van der Waals surface area contributed by atoms with Gasteiger partial charge in [-0.25, -0.2) is 0 Å². The van der Waals surface area contributed by atoms with Crippen LogP contribution >= 0.6 is 0 Å². The number of aliphatic hydroxyl groups excluding tert-OH is 34. The predicted molar refractivity (Wildman–Crippen MR) is 384 cm³/mol. The van der Waals surface area contributed by atoms with Gasteiger partial charge in [0.2, 0.25) is 0 Å². The highest BCUT2D eigenvalue weighted by molar-refractivity contribution is 5.02. The van der Waals surface area contributed by atoms with Gasteiger partial charge in [-0.05, 0) is 6.92 Å². The molecule has 126 heavy (non-hydrogen) atoms. The lowest BCUT2D eigenvalue weighted by Gasteiger charge is -2.48. The molecule has 11 fully saturated rings. The van der Waals surface area contributed by atoms with Gasteiger partial charge in [0, 0.05) is 23.7 Å². The molecule has 0 radical (unpaired) electrons. The van der Waals surface area contributed by atoms with E-state index in [9.17, 15) is 174 Å². The van der Waals surface area contributed by atoms with Gasteiger partial charge in [0.15, 0.2) is 62.9 Å². The molecule has 0 aromatic carbocycles. The summed E-state index contributed by atoms with van der Waals surface area (Å²) < 4.78 is 121. The first kappa shape index (κ1) is 104. The van der Waals surface area contributed by atoms with Crippen LogP contribution in [-0.2, 0) is 99.5 Å². The first-order valence-corrected chi connectivity index (χ1v) is 40.9. The van der Waals surface area contributed by atoms with Crippen molar-refractivity contribution in [1.82, 2.24) is 0 Å². The van der Waals surface area contributed by atoms with E-state index in [1.54, 1.807) is 0 Å². The van der Waals surface area contributed by atoms with Crippen LogP contribution in [0, 0.1) is 23.7 Å². The van der Waals surface area contributed by atoms with Crippen molar-refractivity contribution in [3.63, 3.8) is 0 Å². The van der Waals surface area contributed by atoms with Crippen LogP contribution in [0.4, 0.5) is 0 Å². The van der Waals surface area contributed by atoms with Crippen LogP contribution in [0.15, 0.2) is 0 Å². The Bertz CT molecular complexity index is 3190. The second kappa shape index (κ2) is 46.1. The molecule has 11 aliphatic heterocycles. The lowest BCUT2D eigenvalue weighted by Crippen LogP contribution is -2.65. The van der Waals surface area contributed by atoms with Gasteiger partial charge in [-0.15, -0.1) is 0 Å². The number of rotatable bonds is 35. The Hall–Kier alpha value is -2.20. The molecule has 0 spiro atoms. The molecule has 0 bridgehead atoms. The molecule has 44 unspecified atom stereocenters. The van der Waals surface area contributed by atoms with E-state index in [1.807, 2.05) is 0 Å². The molecule has 11 rings (SSSR count). The maximum absolute atomic E-state index is 12.2. The minimum atomic E-state index is -2.37. The molecule has 0 amide bonds. The molecular weight excluding hydrogens is 1730 g/mol. The lowest BCUT2D eigenvalue weighted by atomic mass is 9.89.